The van der Waals surface area contributed by atoms with E-state index in [-0.39, 0.29) is 6.10 Å². The van der Waals surface area contributed by atoms with Crippen LogP contribution in [0.3, 0.4) is 0 Å². The van der Waals surface area contributed by atoms with Crippen molar-refractivity contribution in [3.8, 4) is 0 Å². The molecule has 0 radical (unpaired) electrons. The van der Waals surface area contributed by atoms with Crippen molar-refractivity contribution in [3.05, 3.63) is 18.0 Å². The van der Waals surface area contributed by atoms with Crippen LogP contribution in [0.25, 0.3) is 0 Å². The Morgan fingerprint density at radius 2 is 2.11 bits per heavy atom. The Hall–Kier alpha value is -0.870. The minimum atomic E-state index is -0.280. The van der Waals surface area contributed by atoms with Gasteiger partial charge >= 0.3 is 0 Å². The van der Waals surface area contributed by atoms with Crippen molar-refractivity contribution in [1.82, 2.24) is 14.7 Å². The summed E-state index contributed by atoms with van der Waals surface area (Å²) in [7, 11) is 4.06. The van der Waals surface area contributed by atoms with Gasteiger partial charge in [-0.15, -0.1) is 0 Å². The molecule has 1 fully saturated rings. The number of aliphatic hydroxyl groups is 1. The molecule has 1 N–H and O–H groups in total. The fourth-order valence-electron chi connectivity index (χ4n) is 2.79. The van der Waals surface area contributed by atoms with Crippen LogP contribution in [0.2, 0.25) is 0 Å². The lowest BCUT2D eigenvalue weighted by Crippen LogP contribution is -2.21. The Morgan fingerprint density at radius 1 is 1.37 bits per heavy atom. The summed E-state index contributed by atoms with van der Waals surface area (Å²) in [4.78, 5) is 2.10. The van der Waals surface area contributed by atoms with Crippen LogP contribution >= 0.6 is 0 Å². The number of aromatic nitrogens is 2. The number of nitrogens with zero attached hydrogens (tertiary/aromatic N) is 3. The summed E-state index contributed by atoms with van der Waals surface area (Å²) < 4.78 is 2.12. The van der Waals surface area contributed by atoms with Crippen molar-refractivity contribution < 1.29 is 5.11 Å². The smallest absolute Gasteiger partial charge is 0.0650 e. The van der Waals surface area contributed by atoms with Crippen LogP contribution < -0.4 is 0 Å². The van der Waals surface area contributed by atoms with E-state index in [4.69, 9.17) is 0 Å². The summed E-state index contributed by atoms with van der Waals surface area (Å²) in [5.74, 6) is 0. The minimum Gasteiger partial charge on any atom is -0.393 e. The Labute approximate surface area is 116 Å². The first kappa shape index (κ1) is 14.5. The maximum absolute atomic E-state index is 10.00. The zero-order chi connectivity index (χ0) is 13.7. The average Bonchev–Trinajstić information content (AvgIpc) is 2.86. The Morgan fingerprint density at radius 3 is 2.79 bits per heavy atom. The molecule has 0 aliphatic heterocycles. The SMILES string of the molecule is CN(C)CCC(O)Cc1ccn(C2CCCCC2)n1. The van der Waals surface area contributed by atoms with Gasteiger partial charge in [-0.3, -0.25) is 4.68 Å². The van der Waals surface area contributed by atoms with E-state index in [1.54, 1.807) is 0 Å². The molecule has 108 valence electrons. The maximum atomic E-state index is 10.00. The first-order valence-corrected chi connectivity index (χ1v) is 7.52. The largest absolute Gasteiger partial charge is 0.393 e. The monoisotopic (exact) mass is 265 g/mol. The minimum absolute atomic E-state index is 0.280. The van der Waals surface area contributed by atoms with Gasteiger partial charge < -0.3 is 10.0 Å². The zero-order valence-corrected chi connectivity index (χ0v) is 12.3. The molecular weight excluding hydrogens is 238 g/mol. The molecule has 19 heavy (non-hydrogen) atoms. The van der Waals surface area contributed by atoms with Crippen molar-refractivity contribution in [2.24, 2.45) is 0 Å². The van der Waals surface area contributed by atoms with E-state index in [0.717, 1.165) is 18.7 Å². The third-order valence-electron chi connectivity index (χ3n) is 3.97. The van der Waals surface area contributed by atoms with Crippen LogP contribution in [-0.2, 0) is 6.42 Å². The fourth-order valence-corrected chi connectivity index (χ4v) is 2.79. The van der Waals surface area contributed by atoms with E-state index in [0.29, 0.717) is 12.5 Å². The molecule has 0 aromatic carbocycles. The van der Waals surface area contributed by atoms with E-state index in [2.05, 4.69) is 26.9 Å². The summed E-state index contributed by atoms with van der Waals surface area (Å²) in [6.45, 7) is 0.921. The van der Waals surface area contributed by atoms with E-state index < -0.39 is 0 Å². The third kappa shape index (κ3) is 4.62. The van der Waals surface area contributed by atoms with Gasteiger partial charge in [0.1, 0.15) is 0 Å². The van der Waals surface area contributed by atoms with Gasteiger partial charge in [-0.05, 0) is 46.0 Å². The van der Waals surface area contributed by atoms with Crippen LogP contribution in [-0.4, -0.2) is 46.5 Å². The van der Waals surface area contributed by atoms with Gasteiger partial charge in [0.25, 0.3) is 0 Å². The standard InChI is InChI=1S/C15H27N3O/c1-17(2)10-9-15(19)12-13-8-11-18(16-13)14-6-4-3-5-7-14/h8,11,14-15,19H,3-7,9-10,12H2,1-2H3. The molecule has 0 bridgehead atoms. The van der Waals surface area contributed by atoms with Crippen molar-refractivity contribution in [3.63, 3.8) is 0 Å². The summed E-state index contributed by atoms with van der Waals surface area (Å²) >= 11 is 0. The summed E-state index contributed by atoms with van der Waals surface area (Å²) in [5.41, 5.74) is 1.02. The topological polar surface area (TPSA) is 41.3 Å². The van der Waals surface area contributed by atoms with E-state index in [1.165, 1.54) is 32.1 Å². The van der Waals surface area contributed by atoms with Crippen LogP contribution in [0.4, 0.5) is 0 Å². The van der Waals surface area contributed by atoms with Gasteiger partial charge in [0, 0.05) is 12.6 Å². The first-order chi connectivity index (χ1) is 9.15. The van der Waals surface area contributed by atoms with Gasteiger partial charge in [0.2, 0.25) is 0 Å². The van der Waals surface area contributed by atoms with Gasteiger partial charge in [-0.2, -0.15) is 5.10 Å². The highest BCUT2D eigenvalue weighted by atomic mass is 16.3. The molecule has 1 unspecified atom stereocenters. The number of rotatable bonds is 6. The fraction of sp³-hybridized carbons (Fsp3) is 0.800. The van der Waals surface area contributed by atoms with Crippen LogP contribution in [0.1, 0.15) is 50.3 Å². The predicted octanol–water partition coefficient (Wildman–Crippen LogP) is 2.24. The van der Waals surface area contributed by atoms with Gasteiger partial charge in [0.05, 0.1) is 17.8 Å². The van der Waals surface area contributed by atoms with E-state index in [9.17, 15) is 5.11 Å². The molecule has 0 saturated heterocycles. The van der Waals surface area contributed by atoms with Crippen LogP contribution in [0.5, 0.6) is 0 Å². The predicted molar refractivity (Wildman–Crippen MR) is 77.2 cm³/mol. The molecule has 1 saturated carbocycles. The Balaban J connectivity index is 1.82. The number of hydrogen-bond acceptors (Lipinski definition) is 3. The molecule has 1 aromatic heterocycles. The molecule has 1 atom stereocenters. The highest BCUT2D eigenvalue weighted by Crippen LogP contribution is 2.27. The van der Waals surface area contributed by atoms with Crippen molar-refractivity contribution in [1.29, 1.82) is 0 Å². The molecule has 4 nitrogen and oxygen atoms in total. The molecule has 0 spiro atoms. The zero-order valence-electron chi connectivity index (χ0n) is 12.3. The summed E-state index contributed by atoms with van der Waals surface area (Å²) in [5, 5.41) is 14.6. The molecule has 2 rings (SSSR count). The molecule has 1 aromatic rings. The lowest BCUT2D eigenvalue weighted by Gasteiger charge is -2.21. The molecule has 1 heterocycles. The molecule has 1 aliphatic rings. The van der Waals surface area contributed by atoms with Crippen LogP contribution in [0, 0.1) is 0 Å². The Kier molecular flexibility index (Phi) is 5.40. The lowest BCUT2D eigenvalue weighted by atomic mass is 9.96. The second-order valence-electron chi connectivity index (χ2n) is 6.03. The summed E-state index contributed by atoms with van der Waals surface area (Å²) in [6, 6.07) is 2.65. The Bertz CT molecular complexity index is 369. The van der Waals surface area contributed by atoms with E-state index >= 15 is 0 Å². The molecule has 4 heteroatoms. The average molecular weight is 265 g/mol. The molecule has 1 aliphatic carbocycles. The van der Waals surface area contributed by atoms with Crippen molar-refractivity contribution in [2.45, 2.75) is 57.1 Å². The maximum Gasteiger partial charge on any atom is 0.0650 e. The number of aliphatic hydroxyl groups excluding tert-OH is 1. The van der Waals surface area contributed by atoms with Crippen LogP contribution in [0.15, 0.2) is 12.3 Å². The van der Waals surface area contributed by atoms with Crippen molar-refractivity contribution >= 4 is 0 Å². The first-order valence-electron chi connectivity index (χ1n) is 7.52. The van der Waals surface area contributed by atoms with Gasteiger partial charge in [-0.1, -0.05) is 19.3 Å². The number of hydrogen-bond donors (Lipinski definition) is 1. The molecular formula is C15H27N3O. The summed E-state index contributed by atoms with van der Waals surface area (Å²) in [6.07, 6.45) is 9.82. The van der Waals surface area contributed by atoms with Crippen molar-refractivity contribution in [2.75, 3.05) is 20.6 Å². The highest BCUT2D eigenvalue weighted by Gasteiger charge is 2.16. The second kappa shape index (κ2) is 7.06. The normalized spacial score (nSPS) is 18.9. The lowest BCUT2D eigenvalue weighted by molar-refractivity contribution is 0.151. The van der Waals surface area contributed by atoms with E-state index in [1.807, 2.05) is 14.1 Å². The second-order valence-corrected chi connectivity index (χ2v) is 6.03. The van der Waals surface area contributed by atoms with Gasteiger partial charge in [0.15, 0.2) is 0 Å². The van der Waals surface area contributed by atoms with Gasteiger partial charge in [-0.25, -0.2) is 0 Å². The highest BCUT2D eigenvalue weighted by molar-refractivity contribution is 5.01. The molecule has 0 amide bonds. The third-order valence-corrected chi connectivity index (χ3v) is 3.97. The quantitative estimate of drug-likeness (QED) is 0.857.